The second-order valence-electron chi connectivity index (χ2n) is 4.04. The Hall–Kier alpha value is -1.64. The molecule has 3 nitrogen and oxygen atoms in total. The highest BCUT2D eigenvalue weighted by Crippen LogP contribution is 2.01. The predicted molar refractivity (Wildman–Crippen MR) is 66.2 cm³/mol. The number of nitrogens with zero attached hydrogens (tertiary/aromatic N) is 1. The molecule has 16 heavy (non-hydrogen) atoms. The molecule has 0 atom stereocenters. The Morgan fingerprint density at radius 3 is 2.69 bits per heavy atom. The number of aryl methyl sites for hydroxylation is 1. The van der Waals surface area contributed by atoms with Crippen LogP contribution in [-0.2, 0) is 11.2 Å². The van der Waals surface area contributed by atoms with Crippen molar-refractivity contribution >= 4 is 12.1 Å². The molecule has 1 amide bonds. The number of carbonyl (C=O) groups is 1. The molecule has 3 heteroatoms. The summed E-state index contributed by atoms with van der Waals surface area (Å²) in [5.41, 5.74) is 3.69. The van der Waals surface area contributed by atoms with E-state index in [0.717, 1.165) is 6.42 Å². The number of hydrogen-bond acceptors (Lipinski definition) is 2. The zero-order valence-electron chi connectivity index (χ0n) is 9.81. The van der Waals surface area contributed by atoms with Crippen molar-refractivity contribution in [3.63, 3.8) is 0 Å². The van der Waals surface area contributed by atoms with Gasteiger partial charge < -0.3 is 0 Å². The summed E-state index contributed by atoms with van der Waals surface area (Å²) in [6.45, 7) is 4.03. The maximum absolute atomic E-state index is 11.4. The standard InChI is InChI=1S/C13H18N2O/c1-11(2)10-14-15-13(16)9-8-12-6-4-3-5-7-12/h3-7,10-11H,8-9H2,1-2H3,(H,15,16)/b14-10+. The van der Waals surface area contributed by atoms with E-state index in [-0.39, 0.29) is 5.91 Å². The number of carbonyl (C=O) groups excluding carboxylic acids is 1. The molecule has 0 unspecified atom stereocenters. The fourth-order valence-corrected chi connectivity index (χ4v) is 1.22. The molecule has 0 radical (unpaired) electrons. The smallest absolute Gasteiger partial charge is 0.240 e. The minimum absolute atomic E-state index is 0.0410. The van der Waals surface area contributed by atoms with Gasteiger partial charge in [-0.1, -0.05) is 44.2 Å². The first kappa shape index (κ1) is 12.4. The molecule has 0 fully saturated rings. The molecular weight excluding hydrogens is 200 g/mol. The van der Waals surface area contributed by atoms with Crippen LogP contribution in [0.15, 0.2) is 35.4 Å². The topological polar surface area (TPSA) is 41.5 Å². The van der Waals surface area contributed by atoms with Crippen LogP contribution in [-0.4, -0.2) is 12.1 Å². The Morgan fingerprint density at radius 2 is 2.06 bits per heavy atom. The van der Waals surface area contributed by atoms with Crippen LogP contribution in [0.25, 0.3) is 0 Å². The normalized spacial score (nSPS) is 10.9. The monoisotopic (exact) mass is 218 g/mol. The van der Waals surface area contributed by atoms with Gasteiger partial charge in [0, 0.05) is 12.6 Å². The van der Waals surface area contributed by atoms with Gasteiger partial charge >= 0.3 is 0 Å². The van der Waals surface area contributed by atoms with Crippen LogP contribution >= 0.6 is 0 Å². The first-order chi connectivity index (χ1) is 7.68. The Morgan fingerprint density at radius 1 is 1.38 bits per heavy atom. The van der Waals surface area contributed by atoms with Crippen molar-refractivity contribution in [3.8, 4) is 0 Å². The molecule has 1 rings (SSSR count). The van der Waals surface area contributed by atoms with E-state index in [1.165, 1.54) is 5.56 Å². The highest BCUT2D eigenvalue weighted by Gasteiger charge is 2.00. The Bertz CT molecular complexity index is 344. The summed E-state index contributed by atoms with van der Waals surface area (Å²) in [5.74, 6) is 0.315. The first-order valence-corrected chi connectivity index (χ1v) is 5.54. The van der Waals surface area contributed by atoms with Crippen LogP contribution < -0.4 is 5.43 Å². The molecule has 1 aromatic rings. The van der Waals surface area contributed by atoms with Crippen LogP contribution in [0.2, 0.25) is 0 Å². The maximum atomic E-state index is 11.4. The van der Waals surface area contributed by atoms with Crippen molar-refractivity contribution in [2.75, 3.05) is 0 Å². The lowest BCUT2D eigenvalue weighted by Gasteiger charge is -2.00. The molecule has 0 aromatic heterocycles. The van der Waals surface area contributed by atoms with Gasteiger partial charge in [0.05, 0.1) is 0 Å². The van der Waals surface area contributed by atoms with Crippen LogP contribution in [0.5, 0.6) is 0 Å². The molecule has 0 bridgehead atoms. The summed E-state index contributed by atoms with van der Waals surface area (Å²) in [6.07, 6.45) is 2.95. The van der Waals surface area contributed by atoms with E-state index in [0.29, 0.717) is 12.3 Å². The van der Waals surface area contributed by atoms with E-state index < -0.39 is 0 Å². The minimum atomic E-state index is -0.0410. The van der Waals surface area contributed by atoms with E-state index in [2.05, 4.69) is 10.5 Å². The molecule has 86 valence electrons. The molecule has 0 aliphatic rings. The highest BCUT2D eigenvalue weighted by molar-refractivity contribution is 5.77. The van der Waals surface area contributed by atoms with Gasteiger partial charge in [-0.05, 0) is 17.9 Å². The quantitative estimate of drug-likeness (QED) is 0.598. The first-order valence-electron chi connectivity index (χ1n) is 5.54. The number of hydrazone groups is 1. The second-order valence-corrected chi connectivity index (χ2v) is 4.04. The lowest BCUT2D eigenvalue weighted by atomic mass is 10.1. The highest BCUT2D eigenvalue weighted by atomic mass is 16.2. The summed E-state index contributed by atoms with van der Waals surface area (Å²) in [5, 5.41) is 3.86. The van der Waals surface area contributed by atoms with E-state index in [9.17, 15) is 4.79 Å². The van der Waals surface area contributed by atoms with Gasteiger partial charge in [-0.25, -0.2) is 5.43 Å². The molecule has 1 N–H and O–H groups in total. The predicted octanol–water partition coefficient (Wildman–Crippen LogP) is 2.38. The largest absolute Gasteiger partial charge is 0.273 e. The van der Waals surface area contributed by atoms with Crippen molar-refractivity contribution in [3.05, 3.63) is 35.9 Å². The van der Waals surface area contributed by atoms with E-state index >= 15 is 0 Å². The van der Waals surface area contributed by atoms with Crippen molar-refractivity contribution in [2.24, 2.45) is 11.0 Å². The molecule has 1 aromatic carbocycles. The van der Waals surface area contributed by atoms with Gasteiger partial charge in [0.1, 0.15) is 0 Å². The lowest BCUT2D eigenvalue weighted by Crippen LogP contribution is -2.18. The summed E-state index contributed by atoms with van der Waals surface area (Å²) in [4.78, 5) is 11.4. The van der Waals surface area contributed by atoms with Gasteiger partial charge in [-0.2, -0.15) is 5.10 Å². The fourth-order valence-electron chi connectivity index (χ4n) is 1.22. The molecule has 0 saturated heterocycles. The average molecular weight is 218 g/mol. The fraction of sp³-hybridized carbons (Fsp3) is 0.385. The van der Waals surface area contributed by atoms with Crippen molar-refractivity contribution in [1.29, 1.82) is 0 Å². The van der Waals surface area contributed by atoms with Crippen LogP contribution in [0.4, 0.5) is 0 Å². The van der Waals surface area contributed by atoms with E-state index in [1.807, 2.05) is 44.2 Å². The SMILES string of the molecule is CC(C)/C=N/NC(=O)CCc1ccccc1. The van der Waals surface area contributed by atoms with Crippen LogP contribution in [0.1, 0.15) is 25.8 Å². The second kappa shape index (κ2) is 6.77. The molecule has 0 aliphatic heterocycles. The summed E-state index contributed by atoms with van der Waals surface area (Å²) < 4.78 is 0. The van der Waals surface area contributed by atoms with Crippen molar-refractivity contribution in [1.82, 2.24) is 5.43 Å². The maximum Gasteiger partial charge on any atom is 0.240 e. The zero-order valence-corrected chi connectivity index (χ0v) is 9.81. The summed E-state index contributed by atoms with van der Waals surface area (Å²) >= 11 is 0. The minimum Gasteiger partial charge on any atom is -0.273 e. The Kier molecular flexibility index (Phi) is 5.26. The zero-order chi connectivity index (χ0) is 11.8. The third-order valence-corrected chi connectivity index (χ3v) is 2.05. The van der Waals surface area contributed by atoms with E-state index in [4.69, 9.17) is 0 Å². The third-order valence-electron chi connectivity index (χ3n) is 2.05. The lowest BCUT2D eigenvalue weighted by molar-refractivity contribution is -0.121. The molecule has 0 saturated carbocycles. The number of rotatable bonds is 5. The van der Waals surface area contributed by atoms with Crippen LogP contribution in [0, 0.1) is 5.92 Å². The molecular formula is C13H18N2O. The Labute approximate surface area is 96.6 Å². The number of hydrogen-bond donors (Lipinski definition) is 1. The van der Waals surface area contributed by atoms with Gasteiger partial charge in [0.15, 0.2) is 0 Å². The molecule has 0 spiro atoms. The Balaban J connectivity index is 2.26. The molecule has 0 aliphatic carbocycles. The van der Waals surface area contributed by atoms with Crippen molar-refractivity contribution in [2.45, 2.75) is 26.7 Å². The van der Waals surface area contributed by atoms with Gasteiger partial charge in [0.2, 0.25) is 5.91 Å². The molecule has 0 heterocycles. The van der Waals surface area contributed by atoms with Crippen LogP contribution in [0.3, 0.4) is 0 Å². The summed E-state index contributed by atoms with van der Waals surface area (Å²) in [6, 6.07) is 9.96. The van der Waals surface area contributed by atoms with Gasteiger partial charge in [0.25, 0.3) is 0 Å². The van der Waals surface area contributed by atoms with Gasteiger partial charge in [-0.3, -0.25) is 4.79 Å². The van der Waals surface area contributed by atoms with Crippen molar-refractivity contribution < 1.29 is 4.79 Å². The van der Waals surface area contributed by atoms with Gasteiger partial charge in [-0.15, -0.1) is 0 Å². The number of amides is 1. The third kappa shape index (κ3) is 5.29. The average Bonchev–Trinajstić information content (AvgIpc) is 2.27. The number of benzene rings is 1. The summed E-state index contributed by atoms with van der Waals surface area (Å²) in [7, 11) is 0. The number of nitrogens with one attached hydrogen (secondary N) is 1. The van der Waals surface area contributed by atoms with E-state index in [1.54, 1.807) is 6.21 Å².